The van der Waals surface area contributed by atoms with E-state index in [2.05, 4.69) is 15.9 Å². The van der Waals surface area contributed by atoms with Gasteiger partial charge in [0.15, 0.2) is 0 Å². The number of carboxylic acids is 1. The number of nitrogens with zero attached hydrogens (tertiary/aromatic N) is 1. The third-order valence-corrected chi connectivity index (χ3v) is 3.67. The number of hydrogen-bond donors (Lipinski definition) is 1. The topological polar surface area (TPSA) is 57.6 Å². The highest BCUT2D eigenvalue weighted by Gasteiger charge is 2.29. The highest BCUT2D eigenvalue weighted by atomic mass is 79.9. The first kappa shape index (κ1) is 13.8. The van der Waals surface area contributed by atoms with Crippen LogP contribution in [0, 0.1) is 5.92 Å². The summed E-state index contributed by atoms with van der Waals surface area (Å²) in [5.74, 6) is -1.39. The largest absolute Gasteiger partial charge is 0.481 e. The van der Waals surface area contributed by atoms with Crippen LogP contribution in [0.4, 0.5) is 0 Å². The molecular formula is C14H14BrNO3. The molecule has 100 valence electrons. The molecule has 0 spiro atoms. The molecular weight excluding hydrogens is 310 g/mol. The Morgan fingerprint density at radius 2 is 2.00 bits per heavy atom. The summed E-state index contributed by atoms with van der Waals surface area (Å²) in [5.41, 5.74) is 0.936. The van der Waals surface area contributed by atoms with Gasteiger partial charge in [0, 0.05) is 23.6 Å². The molecule has 1 atom stereocenters. The Balaban J connectivity index is 1.94. The van der Waals surface area contributed by atoms with Crippen LogP contribution in [0.2, 0.25) is 0 Å². The summed E-state index contributed by atoms with van der Waals surface area (Å²) in [5, 5.41) is 8.89. The first-order chi connectivity index (χ1) is 9.06. The smallest absolute Gasteiger partial charge is 0.308 e. The van der Waals surface area contributed by atoms with E-state index in [1.54, 1.807) is 11.0 Å². The summed E-state index contributed by atoms with van der Waals surface area (Å²) in [6, 6.07) is 7.61. The van der Waals surface area contributed by atoms with Crippen LogP contribution >= 0.6 is 15.9 Å². The molecule has 1 N–H and O–H groups in total. The summed E-state index contributed by atoms with van der Waals surface area (Å²) in [7, 11) is 0. The van der Waals surface area contributed by atoms with Gasteiger partial charge in [0.2, 0.25) is 5.91 Å². The first-order valence-electron chi connectivity index (χ1n) is 6.01. The molecule has 1 fully saturated rings. The van der Waals surface area contributed by atoms with Gasteiger partial charge >= 0.3 is 5.97 Å². The predicted octanol–water partition coefficient (Wildman–Crippen LogP) is 2.40. The van der Waals surface area contributed by atoms with Gasteiger partial charge < -0.3 is 10.0 Å². The second kappa shape index (κ2) is 6.02. The minimum atomic E-state index is -0.827. The van der Waals surface area contributed by atoms with Gasteiger partial charge in [0.05, 0.1) is 5.92 Å². The fourth-order valence-corrected chi connectivity index (χ4v) is 2.27. The Kier molecular flexibility index (Phi) is 4.37. The Morgan fingerprint density at radius 3 is 2.58 bits per heavy atom. The van der Waals surface area contributed by atoms with E-state index in [-0.39, 0.29) is 5.91 Å². The number of halogens is 1. The van der Waals surface area contributed by atoms with Crippen LogP contribution in [-0.2, 0) is 9.59 Å². The summed E-state index contributed by atoms with van der Waals surface area (Å²) >= 11 is 3.34. The highest BCUT2D eigenvalue weighted by Crippen LogP contribution is 2.17. The second-order valence-corrected chi connectivity index (χ2v) is 5.41. The lowest BCUT2D eigenvalue weighted by Crippen LogP contribution is -2.28. The first-order valence-corrected chi connectivity index (χ1v) is 6.81. The molecule has 2 rings (SSSR count). The number of rotatable bonds is 3. The Labute approximate surface area is 119 Å². The van der Waals surface area contributed by atoms with Crippen molar-refractivity contribution in [2.75, 3.05) is 13.1 Å². The van der Waals surface area contributed by atoms with E-state index in [0.29, 0.717) is 19.5 Å². The van der Waals surface area contributed by atoms with Gasteiger partial charge in [-0.15, -0.1) is 0 Å². The number of hydrogen-bond acceptors (Lipinski definition) is 2. The van der Waals surface area contributed by atoms with Crippen LogP contribution in [0.15, 0.2) is 34.8 Å². The quantitative estimate of drug-likeness (QED) is 0.869. The van der Waals surface area contributed by atoms with E-state index in [4.69, 9.17) is 5.11 Å². The minimum absolute atomic E-state index is 0.133. The van der Waals surface area contributed by atoms with Crippen LogP contribution in [0.3, 0.4) is 0 Å². The van der Waals surface area contributed by atoms with Crippen molar-refractivity contribution in [1.82, 2.24) is 4.90 Å². The van der Waals surface area contributed by atoms with Gasteiger partial charge in [-0.05, 0) is 30.2 Å². The summed E-state index contributed by atoms with van der Waals surface area (Å²) in [6.45, 7) is 0.819. The third-order valence-electron chi connectivity index (χ3n) is 3.14. The number of benzene rings is 1. The molecule has 0 aromatic heterocycles. The number of amides is 1. The molecule has 19 heavy (non-hydrogen) atoms. The number of carbonyl (C=O) groups excluding carboxylic acids is 1. The van der Waals surface area contributed by atoms with Gasteiger partial charge in [-0.1, -0.05) is 28.1 Å². The van der Waals surface area contributed by atoms with Crippen LogP contribution in [-0.4, -0.2) is 35.0 Å². The number of aliphatic carboxylic acids is 1. The maximum Gasteiger partial charge on any atom is 0.308 e. The maximum absolute atomic E-state index is 11.9. The molecule has 0 saturated carbocycles. The van der Waals surface area contributed by atoms with Crippen molar-refractivity contribution in [1.29, 1.82) is 0 Å². The summed E-state index contributed by atoms with van der Waals surface area (Å²) in [4.78, 5) is 24.3. The predicted molar refractivity (Wildman–Crippen MR) is 75.5 cm³/mol. The molecule has 4 nitrogen and oxygen atoms in total. The molecule has 5 heteroatoms. The van der Waals surface area contributed by atoms with Crippen LogP contribution < -0.4 is 0 Å². The van der Waals surface area contributed by atoms with Crippen molar-refractivity contribution in [2.24, 2.45) is 5.92 Å². The molecule has 1 aliphatic heterocycles. The van der Waals surface area contributed by atoms with Crippen LogP contribution in [0.5, 0.6) is 0 Å². The molecule has 0 radical (unpaired) electrons. The average Bonchev–Trinajstić information content (AvgIpc) is 2.87. The molecule has 1 heterocycles. The van der Waals surface area contributed by atoms with E-state index in [1.807, 2.05) is 24.3 Å². The maximum atomic E-state index is 11.9. The van der Waals surface area contributed by atoms with Gasteiger partial charge in [0.1, 0.15) is 0 Å². The molecule has 0 aliphatic carbocycles. The molecule has 0 bridgehead atoms. The van der Waals surface area contributed by atoms with Crippen LogP contribution in [0.1, 0.15) is 12.0 Å². The van der Waals surface area contributed by atoms with Crippen molar-refractivity contribution in [2.45, 2.75) is 6.42 Å². The molecule has 1 unspecified atom stereocenters. The lowest BCUT2D eigenvalue weighted by Gasteiger charge is -2.12. The van der Waals surface area contributed by atoms with E-state index in [9.17, 15) is 9.59 Å². The zero-order valence-corrected chi connectivity index (χ0v) is 11.8. The van der Waals surface area contributed by atoms with E-state index in [1.165, 1.54) is 6.08 Å². The molecule has 1 amide bonds. The lowest BCUT2D eigenvalue weighted by atomic mass is 10.1. The van der Waals surface area contributed by atoms with Gasteiger partial charge in [0.25, 0.3) is 0 Å². The van der Waals surface area contributed by atoms with Crippen molar-refractivity contribution >= 4 is 33.9 Å². The van der Waals surface area contributed by atoms with Gasteiger partial charge in [-0.3, -0.25) is 9.59 Å². The molecule has 1 saturated heterocycles. The van der Waals surface area contributed by atoms with E-state index >= 15 is 0 Å². The van der Waals surface area contributed by atoms with Gasteiger partial charge in [-0.2, -0.15) is 0 Å². The van der Waals surface area contributed by atoms with Gasteiger partial charge in [-0.25, -0.2) is 0 Å². The minimum Gasteiger partial charge on any atom is -0.481 e. The fraction of sp³-hybridized carbons (Fsp3) is 0.286. The molecule has 1 aliphatic rings. The monoisotopic (exact) mass is 323 g/mol. The standard InChI is InChI=1S/C14H14BrNO3/c15-12-4-1-10(2-5-12)3-6-13(17)16-8-7-11(9-16)14(18)19/h1-6,11H,7-9H2,(H,18,19). The zero-order valence-electron chi connectivity index (χ0n) is 10.3. The zero-order chi connectivity index (χ0) is 13.8. The number of carbonyl (C=O) groups is 2. The second-order valence-electron chi connectivity index (χ2n) is 4.49. The van der Waals surface area contributed by atoms with Crippen molar-refractivity contribution in [3.05, 3.63) is 40.4 Å². The molecule has 1 aromatic rings. The normalized spacial score (nSPS) is 19.0. The summed E-state index contributed by atoms with van der Waals surface area (Å²) < 4.78 is 0.986. The number of carboxylic acid groups (broad SMARTS) is 1. The van der Waals surface area contributed by atoms with Crippen molar-refractivity contribution in [3.63, 3.8) is 0 Å². The van der Waals surface area contributed by atoms with Crippen molar-refractivity contribution in [3.8, 4) is 0 Å². The average molecular weight is 324 g/mol. The van der Waals surface area contributed by atoms with E-state index < -0.39 is 11.9 Å². The highest BCUT2D eigenvalue weighted by molar-refractivity contribution is 9.10. The Hall–Kier alpha value is -1.62. The third kappa shape index (κ3) is 3.67. The van der Waals surface area contributed by atoms with E-state index in [0.717, 1.165) is 10.0 Å². The Morgan fingerprint density at radius 1 is 1.32 bits per heavy atom. The van der Waals surface area contributed by atoms with Crippen molar-refractivity contribution < 1.29 is 14.7 Å². The number of likely N-dealkylation sites (tertiary alicyclic amines) is 1. The lowest BCUT2D eigenvalue weighted by molar-refractivity contribution is -0.141. The SMILES string of the molecule is O=C(O)C1CCN(C(=O)C=Cc2ccc(Br)cc2)C1. The fourth-order valence-electron chi connectivity index (χ4n) is 2.01. The molecule has 1 aromatic carbocycles. The Bertz CT molecular complexity index is 510. The van der Waals surface area contributed by atoms with Crippen LogP contribution in [0.25, 0.3) is 6.08 Å². The summed E-state index contributed by atoms with van der Waals surface area (Å²) in [6.07, 6.45) is 3.77.